The normalized spacial score (nSPS) is 14.1. The smallest absolute Gasteiger partial charge is 0.0406 e. The molecule has 2 aromatic carbocycles. The van der Waals surface area contributed by atoms with Gasteiger partial charge in [0.1, 0.15) is 0 Å². The summed E-state index contributed by atoms with van der Waals surface area (Å²) in [6, 6.07) is 16.6. The van der Waals surface area contributed by atoms with Crippen LogP contribution in [0.25, 0.3) is 0 Å². The zero-order chi connectivity index (χ0) is 13.9. The van der Waals surface area contributed by atoms with Crippen molar-refractivity contribution in [2.24, 2.45) is 5.73 Å². The molecule has 0 heterocycles. The Hall–Kier alpha value is -1.31. The highest BCUT2D eigenvalue weighted by atomic mass is 35.5. The van der Waals surface area contributed by atoms with Crippen LogP contribution in [0, 0.1) is 6.92 Å². The molecule has 0 bridgehead atoms. The summed E-state index contributed by atoms with van der Waals surface area (Å²) in [7, 11) is 0. The van der Waals surface area contributed by atoms with Gasteiger partial charge in [0.2, 0.25) is 0 Å². The largest absolute Gasteiger partial charge is 0.330 e. The molecule has 2 aromatic rings. The predicted octanol–water partition coefficient (Wildman–Crippen LogP) is 4.11. The minimum Gasteiger partial charge on any atom is -0.330 e. The van der Waals surface area contributed by atoms with Gasteiger partial charge in [0.05, 0.1) is 0 Å². The number of rotatable bonds is 4. The van der Waals surface area contributed by atoms with Gasteiger partial charge < -0.3 is 5.73 Å². The lowest BCUT2D eigenvalue weighted by Gasteiger charge is -2.29. The summed E-state index contributed by atoms with van der Waals surface area (Å²) in [5, 5.41) is 0.772. The quantitative estimate of drug-likeness (QED) is 0.891. The highest BCUT2D eigenvalue weighted by molar-refractivity contribution is 6.30. The van der Waals surface area contributed by atoms with E-state index in [2.05, 4.69) is 50.2 Å². The average molecular weight is 274 g/mol. The van der Waals surface area contributed by atoms with Crippen LogP contribution in [-0.4, -0.2) is 6.54 Å². The van der Waals surface area contributed by atoms with Gasteiger partial charge in [-0.25, -0.2) is 0 Å². The van der Waals surface area contributed by atoms with Gasteiger partial charge in [-0.2, -0.15) is 0 Å². The molecular formula is C17H20ClN. The van der Waals surface area contributed by atoms with E-state index in [0.29, 0.717) is 6.54 Å². The molecular weight excluding hydrogens is 254 g/mol. The lowest BCUT2D eigenvalue weighted by Crippen LogP contribution is -2.34. The molecule has 0 saturated carbocycles. The lowest BCUT2D eigenvalue weighted by atomic mass is 9.77. The van der Waals surface area contributed by atoms with E-state index in [1.807, 2.05) is 12.1 Å². The third-order valence-electron chi connectivity index (χ3n) is 3.67. The molecule has 1 nitrogen and oxygen atoms in total. The molecule has 100 valence electrons. The summed E-state index contributed by atoms with van der Waals surface area (Å²) in [6.07, 6.45) is 0.921. The number of hydrogen-bond donors (Lipinski definition) is 1. The summed E-state index contributed by atoms with van der Waals surface area (Å²) >= 11 is 5.93. The molecule has 0 aliphatic heterocycles. The fourth-order valence-electron chi connectivity index (χ4n) is 2.37. The average Bonchev–Trinajstić information content (AvgIpc) is 2.41. The van der Waals surface area contributed by atoms with Crippen molar-refractivity contribution in [3.05, 3.63) is 70.2 Å². The monoisotopic (exact) mass is 273 g/mol. The van der Waals surface area contributed by atoms with Gasteiger partial charge in [0, 0.05) is 17.0 Å². The summed E-state index contributed by atoms with van der Waals surface area (Å²) in [5.74, 6) is 0. The van der Waals surface area contributed by atoms with Crippen LogP contribution < -0.4 is 5.73 Å². The number of benzene rings is 2. The molecule has 0 aliphatic carbocycles. The second kappa shape index (κ2) is 5.77. The first-order valence-corrected chi connectivity index (χ1v) is 6.93. The fraction of sp³-hybridized carbons (Fsp3) is 0.294. The zero-order valence-electron chi connectivity index (χ0n) is 11.5. The van der Waals surface area contributed by atoms with Crippen molar-refractivity contribution in [1.29, 1.82) is 0 Å². The highest BCUT2D eigenvalue weighted by Crippen LogP contribution is 2.28. The topological polar surface area (TPSA) is 26.0 Å². The van der Waals surface area contributed by atoms with Gasteiger partial charge in [-0.3, -0.25) is 0 Å². The summed E-state index contributed by atoms with van der Waals surface area (Å²) in [4.78, 5) is 0. The van der Waals surface area contributed by atoms with Crippen LogP contribution in [0.15, 0.2) is 48.5 Å². The second-order valence-corrected chi connectivity index (χ2v) is 5.87. The molecule has 2 N–H and O–H groups in total. The van der Waals surface area contributed by atoms with Crippen molar-refractivity contribution < 1.29 is 0 Å². The Morgan fingerprint density at radius 1 is 1.11 bits per heavy atom. The number of nitrogens with two attached hydrogens (primary N) is 1. The van der Waals surface area contributed by atoms with E-state index in [0.717, 1.165) is 11.4 Å². The van der Waals surface area contributed by atoms with Gasteiger partial charge in [-0.05, 0) is 36.6 Å². The fourth-order valence-corrected chi connectivity index (χ4v) is 2.49. The van der Waals surface area contributed by atoms with E-state index in [1.165, 1.54) is 16.7 Å². The predicted molar refractivity (Wildman–Crippen MR) is 82.7 cm³/mol. The van der Waals surface area contributed by atoms with Crippen molar-refractivity contribution in [3.63, 3.8) is 0 Å². The number of hydrogen-bond acceptors (Lipinski definition) is 1. The Kier molecular flexibility index (Phi) is 4.28. The van der Waals surface area contributed by atoms with Crippen molar-refractivity contribution in [3.8, 4) is 0 Å². The van der Waals surface area contributed by atoms with E-state index < -0.39 is 0 Å². The Balaban J connectivity index is 2.30. The van der Waals surface area contributed by atoms with E-state index in [1.54, 1.807) is 0 Å². The minimum atomic E-state index is -0.0418. The third kappa shape index (κ3) is 3.37. The molecule has 0 saturated heterocycles. The van der Waals surface area contributed by atoms with Gasteiger partial charge >= 0.3 is 0 Å². The maximum atomic E-state index is 6.04. The van der Waals surface area contributed by atoms with Crippen LogP contribution in [0.3, 0.4) is 0 Å². The molecule has 1 atom stereocenters. The first-order valence-electron chi connectivity index (χ1n) is 6.55. The van der Waals surface area contributed by atoms with Crippen molar-refractivity contribution in [2.75, 3.05) is 6.54 Å². The van der Waals surface area contributed by atoms with Crippen molar-refractivity contribution in [1.82, 2.24) is 0 Å². The van der Waals surface area contributed by atoms with E-state index in [9.17, 15) is 0 Å². The van der Waals surface area contributed by atoms with E-state index in [-0.39, 0.29) is 5.41 Å². The van der Waals surface area contributed by atoms with E-state index >= 15 is 0 Å². The van der Waals surface area contributed by atoms with E-state index in [4.69, 9.17) is 17.3 Å². The third-order valence-corrected chi connectivity index (χ3v) is 3.93. The molecule has 0 aromatic heterocycles. The molecule has 1 unspecified atom stereocenters. The Morgan fingerprint density at radius 3 is 2.37 bits per heavy atom. The molecule has 0 amide bonds. The van der Waals surface area contributed by atoms with Crippen molar-refractivity contribution >= 4 is 11.6 Å². The molecule has 0 aliphatic rings. The van der Waals surface area contributed by atoms with Crippen LogP contribution >= 0.6 is 11.6 Å². The van der Waals surface area contributed by atoms with Crippen LogP contribution in [0.5, 0.6) is 0 Å². The van der Waals surface area contributed by atoms with Gasteiger partial charge in [0.15, 0.2) is 0 Å². The van der Waals surface area contributed by atoms with Gasteiger partial charge in [-0.1, -0.05) is 60.5 Å². The van der Waals surface area contributed by atoms with Gasteiger partial charge in [-0.15, -0.1) is 0 Å². The maximum absolute atomic E-state index is 6.04. The van der Waals surface area contributed by atoms with Crippen LogP contribution in [0.1, 0.15) is 23.6 Å². The Morgan fingerprint density at radius 2 is 1.79 bits per heavy atom. The first kappa shape index (κ1) is 14.1. The molecule has 0 fully saturated rings. The van der Waals surface area contributed by atoms with Gasteiger partial charge in [0.25, 0.3) is 0 Å². The second-order valence-electron chi connectivity index (χ2n) is 5.44. The zero-order valence-corrected chi connectivity index (χ0v) is 12.2. The number of halogens is 1. The Bertz CT molecular complexity index is 547. The highest BCUT2D eigenvalue weighted by Gasteiger charge is 2.25. The molecule has 2 heteroatoms. The number of aryl methyl sites for hydroxylation is 1. The first-order chi connectivity index (χ1) is 9.03. The minimum absolute atomic E-state index is 0.0418. The summed E-state index contributed by atoms with van der Waals surface area (Å²) in [6.45, 7) is 4.96. The SMILES string of the molecule is Cc1cccc(C(C)(CN)Cc2ccc(Cl)cc2)c1. The molecule has 0 radical (unpaired) electrons. The standard InChI is InChI=1S/C17H20ClN/c1-13-4-3-5-15(10-13)17(2,12-19)11-14-6-8-16(18)9-7-14/h3-10H,11-12,19H2,1-2H3. The van der Waals surface area contributed by atoms with Crippen molar-refractivity contribution in [2.45, 2.75) is 25.7 Å². The molecule has 0 spiro atoms. The molecule has 2 rings (SSSR count). The maximum Gasteiger partial charge on any atom is 0.0406 e. The summed E-state index contributed by atoms with van der Waals surface area (Å²) < 4.78 is 0. The Labute approximate surface area is 120 Å². The summed E-state index contributed by atoms with van der Waals surface area (Å²) in [5.41, 5.74) is 9.83. The van der Waals surface area contributed by atoms with Crippen LogP contribution in [0.2, 0.25) is 5.02 Å². The van der Waals surface area contributed by atoms with Crippen LogP contribution in [-0.2, 0) is 11.8 Å². The lowest BCUT2D eigenvalue weighted by molar-refractivity contribution is 0.481. The molecule has 19 heavy (non-hydrogen) atoms. The van der Waals surface area contributed by atoms with Crippen LogP contribution in [0.4, 0.5) is 0 Å².